The van der Waals surface area contributed by atoms with Gasteiger partial charge < -0.3 is 15.4 Å². The molecule has 2 amide bonds. The van der Waals surface area contributed by atoms with E-state index in [1.54, 1.807) is 44.1 Å². The monoisotopic (exact) mass is 650 g/mol. The number of thioether (sulfide) groups is 1. The molecule has 1 aromatic heterocycles. The van der Waals surface area contributed by atoms with Gasteiger partial charge in [0.15, 0.2) is 0 Å². The summed E-state index contributed by atoms with van der Waals surface area (Å²) in [5, 5.41) is 5.86. The minimum absolute atomic E-state index is 0. The quantitative estimate of drug-likeness (QED) is 0.191. The number of hydrogen-bond acceptors (Lipinski definition) is 6. The number of esters is 1. The van der Waals surface area contributed by atoms with E-state index in [-0.39, 0.29) is 54.4 Å². The van der Waals surface area contributed by atoms with E-state index >= 15 is 0 Å². The number of likely N-dealkylation sites (N-methyl/N-ethyl adjacent to an activating group) is 1. The fourth-order valence-electron chi connectivity index (χ4n) is 3.74. The molecule has 2 N–H and O–H groups in total. The number of urea groups is 1. The number of ether oxygens (including phenoxy) is 1. The Hall–Kier alpha value is -2.74. The van der Waals surface area contributed by atoms with Crippen LogP contribution in [0.3, 0.4) is 0 Å². The summed E-state index contributed by atoms with van der Waals surface area (Å²) in [6.45, 7) is 1.95. The Morgan fingerprint density at radius 1 is 1.10 bits per heavy atom. The second-order valence-corrected chi connectivity index (χ2v) is 10.4. The van der Waals surface area contributed by atoms with Crippen LogP contribution >= 0.6 is 40.1 Å². The van der Waals surface area contributed by atoms with Gasteiger partial charge in [-0.15, -0.1) is 12.4 Å². The maximum Gasteiger partial charge on any atom is 0.446 e. The van der Waals surface area contributed by atoms with Crippen LogP contribution in [0.15, 0.2) is 58.0 Å². The SMILES string of the molecule is CCOC(=O)C(CCC(=O)n1cc(NC(=O)Nc2ccc(SC(F)(F)F)cc2)c2cc(Br)ccc21)N(C)C.Cl. The summed E-state index contributed by atoms with van der Waals surface area (Å²) >= 11 is 3.15. The predicted octanol–water partition coefficient (Wildman–Crippen LogP) is 7.00. The standard InChI is InChI=1S/C25H26BrF3N4O4S.ClH/c1-4-37-23(35)21(32(2)3)11-12-22(34)33-14-19(18-13-15(26)5-10-20(18)33)31-24(36)30-16-6-8-17(9-7-16)38-25(27,28)29;/h5-10,13-14,21H,4,11-12H2,1-3H3,(H2,30,31,36);1H. The summed E-state index contributed by atoms with van der Waals surface area (Å²) in [6, 6.07) is 9.26. The van der Waals surface area contributed by atoms with E-state index in [0.717, 1.165) is 4.47 Å². The summed E-state index contributed by atoms with van der Waals surface area (Å²) in [5.74, 6) is -0.685. The summed E-state index contributed by atoms with van der Waals surface area (Å²) in [5.41, 5.74) is -3.20. The van der Waals surface area contributed by atoms with Gasteiger partial charge in [-0.25, -0.2) is 4.79 Å². The number of hydrogen-bond donors (Lipinski definition) is 2. The lowest BCUT2D eigenvalue weighted by Crippen LogP contribution is -2.37. The van der Waals surface area contributed by atoms with Crippen LogP contribution in [-0.4, -0.2) is 59.6 Å². The molecule has 2 aromatic carbocycles. The van der Waals surface area contributed by atoms with Crippen molar-refractivity contribution in [1.29, 1.82) is 0 Å². The molecule has 212 valence electrons. The third-order valence-electron chi connectivity index (χ3n) is 5.44. The van der Waals surface area contributed by atoms with Crippen molar-refractivity contribution in [1.82, 2.24) is 9.47 Å². The molecular weight excluding hydrogens is 625 g/mol. The molecule has 14 heteroatoms. The number of rotatable bonds is 9. The van der Waals surface area contributed by atoms with Gasteiger partial charge in [0.05, 0.1) is 17.8 Å². The number of amides is 2. The number of fused-ring (bicyclic) bond motifs is 1. The van der Waals surface area contributed by atoms with Crippen LogP contribution < -0.4 is 10.6 Å². The number of aromatic nitrogens is 1. The lowest BCUT2D eigenvalue weighted by Gasteiger charge is -2.22. The average molecular weight is 652 g/mol. The van der Waals surface area contributed by atoms with Gasteiger partial charge in [0.2, 0.25) is 5.91 Å². The zero-order valence-electron chi connectivity index (χ0n) is 21.2. The van der Waals surface area contributed by atoms with E-state index < -0.39 is 23.6 Å². The van der Waals surface area contributed by atoms with Crippen LogP contribution in [0.5, 0.6) is 0 Å². The maximum atomic E-state index is 13.1. The lowest BCUT2D eigenvalue weighted by atomic mass is 10.1. The third kappa shape index (κ3) is 9.16. The zero-order valence-corrected chi connectivity index (χ0v) is 24.4. The van der Waals surface area contributed by atoms with Crippen molar-refractivity contribution >= 4 is 80.3 Å². The number of benzene rings is 2. The zero-order chi connectivity index (χ0) is 28.0. The van der Waals surface area contributed by atoms with Crippen molar-refractivity contribution in [2.24, 2.45) is 0 Å². The molecule has 0 aliphatic heterocycles. The first kappa shape index (κ1) is 32.5. The van der Waals surface area contributed by atoms with E-state index in [4.69, 9.17) is 4.74 Å². The van der Waals surface area contributed by atoms with Crippen molar-refractivity contribution in [3.05, 3.63) is 53.1 Å². The summed E-state index contributed by atoms with van der Waals surface area (Å²) in [4.78, 5) is 39.7. The van der Waals surface area contributed by atoms with Crippen LogP contribution in [0.1, 0.15) is 24.6 Å². The molecule has 39 heavy (non-hydrogen) atoms. The van der Waals surface area contributed by atoms with Gasteiger partial charge >= 0.3 is 17.5 Å². The molecule has 8 nitrogen and oxygen atoms in total. The number of carbonyl (C=O) groups excluding carboxylic acids is 3. The first-order valence-electron chi connectivity index (χ1n) is 11.5. The van der Waals surface area contributed by atoms with Crippen LogP contribution in [0.4, 0.5) is 29.3 Å². The number of alkyl halides is 3. The van der Waals surface area contributed by atoms with Crippen molar-refractivity contribution in [2.75, 3.05) is 31.3 Å². The van der Waals surface area contributed by atoms with Gasteiger partial charge in [0, 0.05) is 33.1 Å². The number of nitrogens with one attached hydrogen (secondary N) is 2. The molecule has 3 rings (SSSR count). The second kappa shape index (κ2) is 14.1. The van der Waals surface area contributed by atoms with Gasteiger partial charge in [-0.1, -0.05) is 15.9 Å². The molecule has 0 saturated heterocycles. The summed E-state index contributed by atoms with van der Waals surface area (Å²) in [6.07, 6.45) is 1.79. The van der Waals surface area contributed by atoms with Crippen molar-refractivity contribution in [2.45, 2.75) is 36.2 Å². The molecular formula is C25H27BrClF3N4O4S. The van der Waals surface area contributed by atoms with Gasteiger partial charge in [-0.05, 0) is 81.7 Å². The summed E-state index contributed by atoms with van der Waals surface area (Å²) in [7, 11) is 3.47. The Labute approximate surface area is 242 Å². The van der Waals surface area contributed by atoms with Crippen LogP contribution in [0, 0.1) is 0 Å². The predicted molar refractivity (Wildman–Crippen MR) is 152 cm³/mol. The van der Waals surface area contributed by atoms with E-state index in [2.05, 4.69) is 26.6 Å². The molecule has 1 atom stereocenters. The number of carbonyl (C=O) groups is 3. The Morgan fingerprint density at radius 2 is 1.77 bits per heavy atom. The van der Waals surface area contributed by atoms with Crippen molar-refractivity contribution in [3.8, 4) is 0 Å². The Balaban J connectivity index is 0.00000533. The van der Waals surface area contributed by atoms with E-state index in [0.29, 0.717) is 22.3 Å². The Bertz CT molecular complexity index is 1320. The van der Waals surface area contributed by atoms with Crippen molar-refractivity contribution < 1.29 is 32.3 Å². The third-order valence-corrected chi connectivity index (χ3v) is 6.68. The van der Waals surface area contributed by atoms with Crippen LogP contribution in [0.25, 0.3) is 10.9 Å². The number of halogens is 5. The lowest BCUT2D eigenvalue weighted by molar-refractivity contribution is -0.148. The molecule has 3 aromatic rings. The highest BCUT2D eigenvalue weighted by Gasteiger charge is 2.29. The Kier molecular flexibility index (Phi) is 11.7. The first-order valence-corrected chi connectivity index (χ1v) is 13.1. The maximum absolute atomic E-state index is 13.1. The minimum Gasteiger partial charge on any atom is -0.465 e. The molecule has 0 aliphatic carbocycles. The molecule has 0 spiro atoms. The van der Waals surface area contributed by atoms with E-state index in [1.807, 2.05) is 0 Å². The highest BCUT2D eigenvalue weighted by atomic mass is 79.9. The van der Waals surface area contributed by atoms with Gasteiger partial charge in [0.1, 0.15) is 6.04 Å². The van der Waals surface area contributed by atoms with Gasteiger partial charge in [0.25, 0.3) is 0 Å². The molecule has 1 heterocycles. The number of anilines is 2. The Morgan fingerprint density at radius 3 is 2.36 bits per heavy atom. The highest BCUT2D eigenvalue weighted by molar-refractivity contribution is 9.10. The molecule has 1 unspecified atom stereocenters. The topological polar surface area (TPSA) is 92.7 Å². The largest absolute Gasteiger partial charge is 0.465 e. The summed E-state index contributed by atoms with van der Waals surface area (Å²) < 4.78 is 44.8. The van der Waals surface area contributed by atoms with Crippen molar-refractivity contribution in [3.63, 3.8) is 0 Å². The second-order valence-electron chi connectivity index (χ2n) is 8.39. The van der Waals surface area contributed by atoms with E-state index in [9.17, 15) is 27.6 Å². The molecule has 0 aliphatic rings. The average Bonchev–Trinajstić information content (AvgIpc) is 3.16. The smallest absolute Gasteiger partial charge is 0.446 e. The van der Waals surface area contributed by atoms with Gasteiger partial charge in [-0.3, -0.25) is 19.1 Å². The minimum atomic E-state index is -4.40. The normalized spacial score (nSPS) is 12.1. The fourth-order valence-corrected chi connectivity index (χ4v) is 4.64. The molecule has 0 saturated carbocycles. The number of nitrogens with zero attached hydrogens (tertiary/aromatic N) is 2. The highest BCUT2D eigenvalue weighted by Crippen LogP contribution is 2.37. The first-order chi connectivity index (χ1) is 17.9. The molecule has 0 fully saturated rings. The van der Waals surface area contributed by atoms with E-state index in [1.165, 1.54) is 35.0 Å². The van der Waals surface area contributed by atoms with Gasteiger partial charge in [-0.2, -0.15) is 13.2 Å². The molecule has 0 radical (unpaired) electrons. The molecule has 0 bridgehead atoms. The van der Waals surface area contributed by atoms with Crippen LogP contribution in [0.2, 0.25) is 0 Å². The fraction of sp³-hybridized carbons (Fsp3) is 0.320. The van der Waals surface area contributed by atoms with Crippen LogP contribution in [-0.2, 0) is 9.53 Å².